The highest BCUT2D eigenvalue weighted by molar-refractivity contribution is 5.03. The number of aromatic nitrogens is 1. The molecule has 1 aliphatic heterocycles. The summed E-state index contributed by atoms with van der Waals surface area (Å²) in [7, 11) is 0. The topological polar surface area (TPSA) is 43.1 Å². The van der Waals surface area contributed by atoms with Gasteiger partial charge in [0.2, 0.25) is 0 Å². The minimum Gasteiger partial charge on any atom is -0.365 e. The van der Waals surface area contributed by atoms with Crippen LogP contribution in [0.5, 0.6) is 0 Å². The van der Waals surface area contributed by atoms with E-state index < -0.39 is 0 Å². The average Bonchev–Trinajstić information content (AvgIpc) is 2.88. The molecular weight excluding hydrogens is 236 g/mol. The summed E-state index contributed by atoms with van der Waals surface area (Å²) >= 11 is 0. The van der Waals surface area contributed by atoms with Gasteiger partial charge in [-0.15, -0.1) is 0 Å². The van der Waals surface area contributed by atoms with Crippen LogP contribution >= 0.6 is 0 Å². The lowest BCUT2D eigenvalue weighted by Gasteiger charge is -2.35. The molecule has 3 N–H and O–H groups in total. The number of aromatic amines is 1. The largest absolute Gasteiger partial charge is 0.365 e. The van der Waals surface area contributed by atoms with Gasteiger partial charge in [0.1, 0.15) is 0 Å². The molecule has 0 aliphatic carbocycles. The van der Waals surface area contributed by atoms with Crippen LogP contribution in [0.1, 0.15) is 19.5 Å². The van der Waals surface area contributed by atoms with Crippen molar-refractivity contribution in [2.75, 3.05) is 45.8 Å². The third-order valence-electron chi connectivity index (χ3n) is 3.70. The third kappa shape index (κ3) is 5.35. The van der Waals surface area contributed by atoms with Crippen LogP contribution in [-0.2, 0) is 6.42 Å². The van der Waals surface area contributed by atoms with E-state index in [2.05, 4.69) is 46.5 Å². The monoisotopic (exact) mass is 264 g/mol. The molecule has 2 heterocycles. The number of nitrogens with zero attached hydrogens (tertiary/aromatic N) is 1. The van der Waals surface area contributed by atoms with Crippen molar-refractivity contribution in [2.24, 2.45) is 5.41 Å². The molecule has 0 atom stereocenters. The molecule has 4 nitrogen and oxygen atoms in total. The molecule has 0 spiro atoms. The first kappa shape index (κ1) is 14.6. The van der Waals surface area contributed by atoms with E-state index in [9.17, 15) is 0 Å². The highest BCUT2D eigenvalue weighted by Gasteiger charge is 2.22. The molecule has 0 bridgehead atoms. The van der Waals surface area contributed by atoms with Crippen LogP contribution in [0.15, 0.2) is 18.3 Å². The molecule has 0 aromatic carbocycles. The maximum absolute atomic E-state index is 3.59. The average molecular weight is 264 g/mol. The Morgan fingerprint density at radius 1 is 1.32 bits per heavy atom. The van der Waals surface area contributed by atoms with E-state index in [0.717, 1.165) is 32.6 Å². The molecule has 4 heteroatoms. The summed E-state index contributed by atoms with van der Waals surface area (Å²) in [4.78, 5) is 5.82. The van der Waals surface area contributed by atoms with Gasteiger partial charge < -0.3 is 20.5 Å². The number of nitrogens with one attached hydrogen (secondary N) is 3. The highest BCUT2D eigenvalue weighted by Crippen LogP contribution is 2.16. The molecule has 0 radical (unpaired) electrons. The van der Waals surface area contributed by atoms with Crippen molar-refractivity contribution in [3.63, 3.8) is 0 Å². The van der Waals surface area contributed by atoms with E-state index in [1.165, 1.54) is 25.3 Å². The van der Waals surface area contributed by atoms with Crippen LogP contribution in [-0.4, -0.2) is 55.7 Å². The smallest absolute Gasteiger partial charge is 0.0159 e. The van der Waals surface area contributed by atoms with Crippen LogP contribution in [0.4, 0.5) is 0 Å². The Morgan fingerprint density at radius 2 is 2.11 bits per heavy atom. The van der Waals surface area contributed by atoms with E-state index >= 15 is 0 Å². The Labute approximate surface area is 117 Å². The molecule has 1 aromatic heterocycles. The van der Waals surface area contributed by atoms with Gasteiger partial charge >= 0.3 is 0 Å². The summed E-state index contributed by atoms with van der Waals surface area (Å²) in [6.07, 6.45) is 3.07. The summed E-state index contributed by atoms with van der Waals surface area (Å²) in [6, 6.07) is 4.21. The van der Waals surface area contributed by atoms with Crippen molar-refractivity contribution in [1.29, 1.82) is 0 Å². The Balaban J connectivity index is 1.62. The second-order valence-electron chi connectivity index (χ2n) is 6.31. The number of piperazine rings is 1. The molecule has 108 valence electrons. The second-order valence-corrected chi connectivity index (χ2v) is 6.31. The Hall–Kier alpha value is -0.840. The van der Waals surface area contributed by atoms with E-state index in [4.69, 9.17) is 0 Å². The molecule has 0 amide bonds. The predicted octanol–water partition coefficient (Wildman–Crippen LogP) is 1.08. The molecule has 1 aromatic rings. The van der Waals surface area contributed by atoms with Gasteiger partial charge in [-0.25, -0.2) is 0 Å². The van der Waals surface area contributed by atoms with Crippen molar-refractivity contribution < 1.29 is 0 Å². The maximum Gasteiger partial charge on any atom is 0.0159 e. The fourth-order valence-electron chi connectivity index (χ4n) is 2.70. The third-order valence-corrected chi connectivity index (χ3v) is 3.70. The van der Waals surface area contributed by atoms with E-state index in [0.29, 0.717) is 5.41 Å². The van der Waals surface area contributed by atoms with Gasteiger partial charge in [0, 0.05) is 57.7 Å². The minimum absolute atomic E-state index is 0.340. The zero-order chi connectivity index (χ0) is 13.6. The first-order chi connectivity index (χ1) is 9.16. The van der Waals surface area contributed by atoms with Crippen LogP contribution < -0.4 is 10.6 Å². The highest BCUT2D eigenvalue weighted by atomic mass is 15.2. The Kier molecular flexibility index (Phi) is 5.43. The molecule has 2 rings (SSSR count). The van der Waals surface area contributed by atoms with Gasteiger partial charge in [-0.1, -0.05) is 13.8 Å². The normalized spacial score (nSPS) is 17.8. The molecular formula is C15H28N4. The summed E-state index contributed by atoms with van der Waals surface area (Å²) in [5.41, 5.74) is 1.65. The molecule has 1 aliphatic rings. The Bertz CT molecular complexity index is 339. The van der Waals surface area contributed by atoms with Gasteiger partial charge in [-0.3, -0.25) is 0 Å². The fourth-order valence-corrected chi connectivity index (χ4v) is 2.70. The van der Waals surface area contributed by atoms with Crippen LogP contribution in [0.2, 0.25) is 0 Å². The number of hydrogen-bond donors (Lipinski definition) is 3. The van der Waals surface area contributed by atoms with Gasteiger partial charge in [-0.05, 0) is 24.0 Å². The van der Waals surface area contributed by atoms with Crippen molar-refractivity contribution in [1.82, 2.24) is 20.5 Å². The molecule has 1 saturated heterocycles. The maximum atomic E-state index is 3.59. The van der Waals surface area contributed by atoms with Crippen molar-refractivity contribution in [3.05, 3.63) is 24.0 Å². The predicted molar refractivity (Wildman–Crippen MR) is 80.5 cm³/mol. The Morgan fingerprint density at radius 3 is 2.79 bits per heavy atom. The lowest BCUT2D eigenvalue weighted by atomic mass is 9.92. The van der Waals surface area contributed by atoms with Crippen LogP contribution in [0.3, 0.4) is 0 Å². The number of hydrogen-bond acceptors (Lipinski definition) is 3. The van der Waals surface area contributed by atoms with Gasteiger partial charge in [0.25, 0.3) is 0 Å². The van der Waals surface area contributed by atoms with Gasteiger partial charge in [-0.2, -0.15) is 0 Å². The molecule has 0 saturated carbocycles. The summed E-state index contributed by atoms with van der Waals surface area (Å²) in [5, 5.41) is 7.00. The lowest BCUT2D eigenvalue weighted by Crippen LogP contribution is -2.48. The van der Waals surface area contributed by atoms with Gasteiger partial charge in [0.15, 0.2) is 0 Å². The van der Waals surface area contributed by atoms with E-state index in [-0.39, 0.29) is 0 Å². The summed E-state index contributed by atoms with van der Waals surface area (Å²) in [5.74, 6) is 0. The summed E-state index contributed by atoms with van der Waals surface area (Å²) < 4.78 is 0. The fraction of sp³-hybridized carbons (Fsp3) is 0.733. The van der Waals surface area contributed by atoms with Crippen molar-refractivity contribution in [3.8, 4) is 0 Å². The summed E-state index contributed by atoms with van der Waals surface area (Å²) in [6.45, 7) is 12.7. The zero-order valence-electron chi connectivity index (χ0n) is 12.3. The number of rotatable bonds is 7. The van der Waals surface area contributed by atoms with Crippen LogP contribution in [0.25, 0.3) is 0 Å². The van der Waals surface area contributed by atoms with Crippen molar-refractivity contribution >= 4 is 0 Å². The standard InChI is InChI=1S/C15H28N4/c1-15(2,13-19-10-8-16-9-11-19)12-17-7-5-14-4-3-6-18-14/h3-4,6,16-18H,5,7-13H2,1-2H3. The first-order valence-corrected chi connectivity index (χ1v) is 7.42. The van der Waals surface area contributed by atoms with Crippen LogP contribution in [0, 0.1) is 5.41 Å². The lowest BCUT2D eigenvalue weighted by molar-refractivity contribution is 0.158. The van der Waals surface area contributed by atoms with Crippen molar-refractivity contribution in [2.45, 2.75) is 20.3 Å². The van der Waals surface area contributed by atoms with E-state index in [1.54, 1.807) is 0 Å². The van der Waals surface area contributed by atoms with E-state index in [1.807, 2.05) is 6.20 Å². The molecule has 19 heavy (non-hydrogen) atoms. The molecule has 0 unspecified atom stereocenters. The molecule has 1 fully saturated rings. The number of H-pyrrole nitrogens is 1. The SMILES string of the molecule is CC(C)(CNCCc1ccc[nH]1)CN1CCNCC1. The quantitative estimate of drug-likeness (QED) is 0.646. The zero-order valence-corrected chi connectivity index (χ0v) is 12.3. The van der Waals surface area contributed by atoms with Gasteiger partial charge in [0.05, 0.1) is 0 Å². The first-order valence-electron chi connectivity index (χ1n) is 7.42. The minimum atomic E-state index is 0.340. The second kappa shape index (κ2) is 7.08.